The second kappa shape index (κ2) is 9.63. The van der Waals surface area contributed by atoms with Crippen LogP contribution in [-0.2, 0) is 11.3 Å². The molecule has 30 heavy (non-hydrogen) atoms. The molecule has 0 spiro atoms. The Morgan fingerprint density at radius 2 is 0.933 bits per heavy atom. The Kier molecular flexibility index (Phi) is 6.28. The Bertz CT molecular complexity index is 1000. The van der Waals surface area contributed by atoms with Crippen LogP contribution < -0.4 is 14.2 Å². The molecule has 0 aromatic heterocycles. The quantitative estimate of drug-likeness (QED) is 0.314. The molecule has 0 fully saturated rings. The van der Waals surface area contributed by atoms with Crippen molar-refractivity contribution in [2.24, 2.45) is 0 Å². The van der Waals surface area contributed by atoms with Gasteiger partial charge in [-0.2, -0.15) is 0 Å². The number of ether oxygens (including phenoxy) is 4. The molecule has 0 aliphatic carbocycles. The van der Waals surface area contributed by atoms with Crippen LogP contribution in [0.15, 0.2) is 103 Å². The van der Waals surface area contributed by atoms with E-state index in [2.05, 4.69) is 0 Å². The molecule has 4 aromatic rings. The zero-order valence-corrected chi connectivity index (χ0v) is 16.7. The van der Waals surface area contributed by atoms with Crippen LogP contribution in [0.5, 0.6) is 34.5 Å². The molecule has 0 unspecified atom stereocenters. The number of rotatable bonds is 8. The van der Waals surface area contributed by atoms with Crippen molar-refractivity contribution in [2.75, 3.05) is 7.11 Å². The summed E-state index contributed by atoms with van der Waals surface area (Å²) in [6.07, 6.45) is 0. The summed E-state index contributed by atoms with van der Waals surface area (Å²) < 4.78 is 23.9. The summed E-state index contributed by atoms with van der Waals surface area (Å²) in [6.45, 7) is 0.419. The molecule has 4 heteroatoms. The van der Waals surface area contributed by atoms with Crippen LogP contribution in [0.25, 0.3) is 0 Å². The molecule has 150 valence electrons. The van der Waals surface area contributed by atoms with E-state index in [1.54, 1.807) is 7.11 Å². The molecule has 4 nitrogen and oxygen atoms in total. The van der Waals surface area contributed by atoms with Crippen molar-refractivity contribution < 1.29 is 18.9 Å². The smallest absolute Gasteiger partial charge is 0.212 e. The van der Waals surface area contributed by atoms with E-state index in [0.29, 0.717) is 41.1 Å². The third-order valence-corrected chi connectivity index (χ3v) is 4.30. The first-order valence-electron chi connectivity index (χ1n) is 9.66. The Morgan fingerprint density at radius 1 is 0.533 bits per heavy atom. The molecular weight excluding hydrogens is 376 g/mol. The van der Waals surface area contributed by atoms with Crippen LogP contribution in [0.2, 0.25) is 0 Å². The molecule has 0 aliphatic heterocycles. The number of benzene rings is 4. The Morgan fingerprint density at radius 3 is 1.33 bits per heavy atom. The van der Waals surface area contributed by atoms with Crippen LogP contribution in [0, 0.1) is 0 Å². The second-order valence-corrected chi connectivity index (χ2v) is 6.60. The monoisotopic (exact) mass is 398 g/mol. The van der Waals surface area contributed by atoms with Gasteiger partial charge in [-0.25, -0.2) is 0 Å². The molecule has 0 N–H and O–H groups in total. The summed E-state index contributed by atoms with van der Waals surface area (Å²) in [5, 5.41) is 0. The van der Waals surface area contributed by atoms with Gasteiger partial charge in [0.25, 0.3) is 0 Å². The minimum atomic E-state index is 0.419. The van der Waals surface area contributed by atoms with Crippen molar-refractivity contribution >= 4 is 0 Å². The molecule has 0 radical (unpaired) electrons. The van der Waals surface area contributed by atoms with E-state index < -0.39 is 0 Å². The number of methoxy groups -OCH3 is 1. The average molecular weight is 398 g/mol. The molecular formula is C26H22O4. The van der Waals surface area contributed by atoms with Gasteiger partial charge in [-0.05, 0) is 54.1 Å². The van der Waals surface area contributed by atoms with Gasteiger partial charge < -0.3 is 18.9 Å². The second-order valence-electron chi connectivity index (χ2n) is 6.60. The highest BCUT2D eigenvalue weighted by atomic mass is 16.5. The van der Waals surface area contributed by atoms with E-state index >= 15 is 0 Å². The van der Waals surface area contributed by atoms with Gasteiger partial charge in [0, 0.05) is 7.11 Å². The maximum atomic E-state index is 6.23. The fourth-order valence-electron chi connectivity index (χ4n) is 2.97. The van der Waals surface area contributed by atoms with E-state index in [9.17, 15) is 0 Å². The maximum absolute atomic E-state index is 6.23. The minimum Gasteiger partial charge on any atom is -0.453 e. The first-order chi connectivity index (χ1) is 14.8. The summed E-state index contributed by atoms with van der Waals surface area (Å²) in [6, 6.07) is 32.6. The van der Waals surface area contributed by atoms with Crippen molar-refractivity contribution in [3.05, 3.63) is 109 Å². The third kappa shape index (κ3) is 4.99. The van der Waals surface area contributed by atoms with Crippen molar-refractivity contribution in [3.8, 4) is 34.5 Å². The highest BCUT2D eigenvalue weighted by Crippen LogP contribution is 2.45. The molecule has 4 rings (SSSR count). The predicted molar refractivity (Wildman–Crippen MR) is 117 cm³/mol. The fourth-order valence-corrected chi connectivity index (χ4v) is 2.97. The van der Waals surface area contributed by atoms with E-state index in [1.165, 1.54) is 0 Å². The molecule has 4 aromatic carbocycles. The molecule has 0 heterocycles. The molecule has 0 atom stereocenters. The molecule has 0 amide bonds. The summed E-state index contributed by atoms with van der Waals surface area (Å²) in [4.78, 5) is 0. The average Bonchev–Trinajstić information content (AvgIpc) is 2.78. The summed E-state index contributed by atoms with van der Waals surface area (Å²) >= 11 is 0. The highest BCUT2D eigenvalue weighted by molar-refractivity contribution is 5.57. The Labute approximate surface area is 176 Å². The summed E-state index contributed by atoms with van der Waals surface area (Å²) in [5.41, 5.74) is 0.912. The molecule has 0 saturated heterocycles. The van der Waals surface area contributed by atoms with Crippen LogP contribution in [0.3, 0.4) is 0 Å². The van der Waals surface area contributed by atoms with Crippen molar-refractivity contribution in [1.29, 1.82) is 0 Å². The van der Waals surface area contributed by atoms with Gasteiger partial charge in [0.15, 0.2) is 11.5 Å². The van der Waals surface area contributed by atoms with Gasteiger partial charge in [-0.3, -0.25) is 0 Å². The number of hydrogen-bond donors (Lipinski definition) is 0. The van der Waals surface area contributed by atoms with Gasteiger partial charge in [-0.1, -0.05) is 54.6 Å². The standard InChI is InChI=1S/C26H22O4/c1-27-19-20-17-24(28-21-11-5-2-6-12-21)26(30-23-15-9-4-10-16-23)25(18-20)29-22-13-7-3-8-14-22/h2-18H,19H2,1H3. The normalized spacial score (nSPS) is 10.4. The lowest BCUT2D eigenvalue weighted by Crippen LogP contribution is -1.98. The van der Waals surface area contributed by atoms with E-state index in [1.807, 2.05) is 103 Å². The Balaban J connectivity index is 1.80. The molecule has 0 aliphatic rings. The van der Waals surface area contributed by atoms with Crippen LogP contribution >= 0.6 is 0 Å². The zero-order chi connectivity index (χ0) is 20.6. The van der Waals surface area contributed by atoms with Crippen molar-refractivity contribution in [3.63, 3.8) is 0 Å². The topological polar surface area (TPSA) is 36.9 Å². The first kappa shape index (κ1) is 19.6. The Hall–Kier alpha value is -3.76. The molecule has 0 bridgehead atoms. The van der Waals surface area contributed by atoms with Crippen molar-refractivity contribution in [1.82, 2.24) is 0 Å². The van der Waals surface area contributed by atoms with Gasteiger partial charge in [0.1, 0.15) is 17.2 Å². The highest BCUT2D eigenvalue weighted by Gasteiger charge is 2.18. The van der Waals surface area contributed by atoms with Gasteiger partial charge in [-0.15, -0.1) is 0 Å². The predicted octanol–water partition coefficient (Wildman–Crippen LogP) is 7.21. The summed E-state index contributed by atoms with van der Waals surface area (Å²) in [5.74, 6) is 3.68. The lowest BCUT2D eigenvalue weighted by Gasteiger charge is -2.18. The van der Waals surface area contributed by atoms with Gasteiger partial charge in [0.2, 0.25) is 5.75 Å². The molecule has 0 saturated carbocycles. The largest absolute Gasteiger partial charge is 0.453 e. The lowest BCUT2D eigenvalue weighted by atomic mass is 10.2. The first-order valence-corrected chi connectivity index (χ1v) is 9.66. The SMILES string of the molecule is COCc1cc(Oc2ccccc2)c(Oc2ccccc2)c(Oc2ccccc2)c1. The lowest BCUT2D eigenvalue weighted by molar-refractivity contribution is 0.184. The van der Waals surface area contributed by atoms with E-state index in [4.69, 9.17) is 18.9 Å². The van der Waals surface area contributed by atoms with Gasteiger partial charge >= 0.3 is 0 Å². The number of hydrogen-bond acceptors (Lipinski definition) is 4. The number of para-hydroxylation sites is 3. The van der Waals surface area contributed by atoms with E-state index in [-0.39, 0.29) is 0 Å². The van der Waals surface area contributed by atoms with Crippen molar-refractivity contribution in [2.45, 2.75) is 6.61 Å². The van der Waals surface area contributed by atoms with E-state index in [0.717, 1.165) is 5.56 Å². The summed E-state index contributed by atoms with van der Waals surface area (Å²) in [7, 11) is 1.66. The zero-order valence-electron chi connectivity index (χ0n) is 16.7. The van der Waals surface area contributed by atoms with Crippen LogP contribution in [-0.4, -0.2) is 7.11 Å². The van der Waals surface area contributed by atoms with Gasteiger partial charge in [0.05, 0.1) is 6.61 Å². The fraction of sp³-hybridized carbons (Fsp3) is 0.0769. The maximum Gasteiger partial charge on any atom is 0.212 e. The van der Waals surface area contributed by atoms with Crippen LogP contribution in [0.1, 0.15) is 5.56 Å². The van der Waals surface area contributed by atoms with Crippen LogP contribution in [0.4, 0.5) is 0 Å². The minimum absolute atomic E-state index is 0.419. The third-order valence-electron chi connectivity index (χ3n) is 4.30.